The van der Waals surface area contributed by atoms with E-state index >= 15 is 0 Å². The number of H-pyrrole nitrogens is 1. The minimum absolute atomic E-state index is 0.109. The Morgan fingerprint density at radius 1 is 1.00 bits per heavy atom. The molecule has 1 aromatic heterocycles. The topological polar surface area (TPSA) is 121 Å². The highest BCUT2D eigenvalue weighted by Crippen LogP contribution is 2.15. The number of carbonyl (C=O) groups is 3. The summed E-state index contributed by atoms with van der Waals surface area (Å²) in [4.78, 5) is 41.8. The number of hydrogen-bond donors (Lipinski definition) is 3. The third-order valence-corrected chi connectivity index (χ3v) is 3.64. The van der Waals surface area contributed by atoms with E-state index in [1.807, 2.05) is 0 Å². The van der Waals surface area contributed by atoms with Crippen LogP contribution in [-0.2, 0) is 9.53 Å². The van der Waals surface area contributed by atoms with Crippen LogP contribution >= 0.6 is 0 Å². The molecule has 27 heavy (non-hydrogen) atoms. The van der Waals surface area contributed by atoms with Gasteiger partial charge in [-0.05, 0) is 36.4 Å². The molecule has 0 atom stereocenters. The van der Waals surface area contributed by atoms with Crippen LogP contribution in [-0.4, -0.2) is 39.5 Å². The molecule has 0 spiro atoms. The zero-order chi connectivity index (χ0) is 19.2. The summed E-state index contributed by atoms with van der Waals surface area (Å²) in [7, 11) is 0. The second-order valence-corrected chi connectivity index (χ2v) is 5.52. The van der Waals surface area contributed by atoms with Crippen molar-refractivity contribution >= 4 is 23.5 Å². The van der Waals surface area contributed by atoms with E-state index in [4.69, 9.17) is 9.84 Å². The van der Waals surface area contributed by atoms with Crippen molar-refractivity contribution in [3.05, 3.63) is 72.1 Å². The molecule has 136 valence electrons. The number of benzene rings is 2. The second-order valence-electron chi connectivity index (χ2n) is 5.52. The lowest BCUT2D eigenvalue weighted by atomic mass is 10.1. The van der Waals surface area contributed by atoms with Crippen LogP contribution in [0.5, 0.6) is 0 Å². The number of ether oxygens (including phenoxy) is 1. The molecule has 2 aromatic carbocycles. The molecule has 0 saturated carbocycles. The fourth-order valence-electron chi connectivity index (χ4n) is 2.29. The second kappa shape index (κ2) is 7.96. The first-order valence-electron chi connectivity index (χ1n) is 7.93. The number of carboxylic acids is 1. The van der Waals surface area contributed by atoms with Gasteiger partial charge in [-0.3, -0.25) is 4.79 Å². The number of imidazole rings is 1. The number of aromatic amines is 1. The Hall–Kier alpha value is -3.94. The van der Waals surface area contributed by atoms with Crippen molar-refractivity contribution < 1.29 is 24.2 Å². The smallest absolute Gasteiger partial charge is 0.338 e. The Bertz CT molecular complexity index is 948. The number of esters is 1. The van der Waals surface area contributed by atoms with Crippen LogP contribution in [0.25, 0.3) is 11.4 Å². The molecule has 1 heterocycles. The molecule has 0 unspecified atom stereocenters. The Morgan fingerprint density at radius 2 is 1.67 bits per heavy atom. The van der Waals surface area contributed by atoms with Gasteiger partial charge in [0.15, 0.2) is 6.61 Å². The number of rotatable bonds is 6. The Balaban J connectivity index is 1.52. The summed E-state index contributed by atoms with van der Waals surface area (Å²) in [5, 5.41) is 11.4. The van der Waals surface area contributed by atoms with E-state index in [2.05, 4.69) is 15.3 Å². The van der Waals surface area contributed by atoms with E-state index in [0.29, 0.717) is 17.1 Å². The Morgan fingerprint density at radius 3 is 2.26 bits per heavy atom. The van der Waals surface area contributed by atoms with Crippen molar-refractivity contribution in [2.75, 3.05) is 11.9 Å². The van der Waals surface area contributed by atoms with Crippen molar-refractivity contribution in [2.45, 2.75) is 0 Å². The molecule has 3 N–H and O–H groups in total. The van der Waals surface area contributed by atoms with Gasteiger partial charge in [0.05, 0.1) is 11.1 Å². The first kappa shape index (κ1) is 17.9. The van der Waals surface area contributed by atoms with Gasteiger partial charge in [0.1, 0.15) is 5.82 Å². The highest BCUT2D eigenvalue weighted by molar-refractivity contribution is 5.96. The molecule has 0 aliphatic carbocycles. The third-order valence-electron chi connectivity index (χ3n) is 3.64. The highest BCUT2D eigenvalue weighted by atomic mass is 16.5. The number of hydrogen-bond acceptors (Lipinski definition) is 5. The molecule has 0 bridgehead atoms. The minimum atomic E-state index is -1.06. The lowest BCUT2D eigenvalue weighted by Crippen LogP contribution is -2.21. The first-order valence-corrected chi connectivity index (χ1v) is 7.93. The summed E-state index contributed by atoms with van der Waals surface area (Å²) >= 11 is 0. The number of nitrogens with zero attached hydrogens (tertiary/aromatic N) is 1. The van der Waals surface area contributed by atoms with Gasteiger partial charge in [-0.2, -0.15) is 0 Å². The molecule has 0 fully saturated rings. The van der Waals surface area contributed by atoms with Crippen molar-refractivity contribution in [3.8, 4) is 11.4 Å². The van der Waals surface area contributed by atoms with Crippen molar-refractivity contribution in [3.63, 3.8) is 0 Å². The highest BCUT2D eigenvalue weighted by Gasteiger charge is 2.11. The summed E-state index contributed by atoms with van der Waals surface area (Å²) in [6.07, 6.45) is 3.33. The third kappa shape index (κ3) is 4.57. The monoisotopic (exact) mass is 365 g/mol. The lowest BCUT2D eigenvalue weighted by Gasteiger charge is -2.07. The van der Waals surface area contributed by atoms with Gasteiger partial charge < -0.3 is 20.1 Å². The zero-order valence-corrected chi connectivity index (χ0v) is 14.0. The summed E-state index contributed by atoms with van der Waals surface area (Å²) in [6, 6.07) is 12.3. The Kier molecular flexibility index (Phi) is 5.27. The molecular formula is C19H15N3O5. The molecule has 0 aliphatic rings. The summed E-state index contributed by atoms with van der Waals surface area (Å²) in [6.45, 7) is -0.459. The number of nitrogens with one attached hydrogen (secondary N) is 2. The van der Waals surface area contributed by atoms with E-state index in [9.17, 15) is 14.4 Å². The summed E-state index contributed by atoms with van der Waals surface area (Å²) < 4.78 is 4.99. The average Bonchev–Trinajstić information content (AvgIpc) is 3.21. The van der Waals surface area contributed by atoms with Crippen molar-refractivity contribution in [1.29, 1.82) is 0 Å². The number of carboxylic acid groups (broad SMARTS) is 1. The number of anilines is 1. The van der Waals surface area contributed by atoms with E-state index in [-0.39, 0.29) is 5.56 Å². The minimum Gasteiger partial charge on any atom is -0.478 e. The predicted molar refractivity (Wildman–Crippen MR) is 96.3 cm³/mol. The molecule has 3 rings (SSSR count). The quantitative estimate of drug-likeness (QED) is 0.577. The van der Waals surface area contributed by atoms with E-state index in [0.717, 1.165) is 5.56 Å². The van der Waals surface area contributed by atoms with Crippen LogP contribution in [0.3, 0.4) is 0 Å². The molecular weight excluding hydrogens is 350 g/mol. The molecule has 0 saturated heterocycles. The average molecular weight is 365 g/mol. The molecule has 8 heteroatoms. The molecule has 3 aromatic rings. The van der Waals surface area contributed by atoms with Gasteiger partial charge in [-0.25, -0.2) is 14.6 Å². The number of aromatic carboxylic acids is 1. The normalized spacial score (nSPS) is 10.2. The van der Waals surface area contributed by atoms with E-state index in [1.54, 1.807) is 36.7 Å². The summed E-state index contributed by atoms with van der Waals surface area (Å²) in [5.74, 6) is -1.53. The van der Waals surface area contributed by atoms with Gasteiger partial charge in [0.2, 0.25) is 0 Å². The van der Waals surface area contributed by atoms with Crippen LogP contribution in [0.1, 0.15) is 20.7 Å². The number of carbonyl (C=O) groups excluding carboxylic acids is 2. The van der Waals surface area contributed by atoms with Gasteiger partial charge >= 0.3 is 11.9 Å². The number of amides is 1. The summed E-state index contributed by atoms with van der Waals surface area (Å²) in [5.41, 5.74) is 1.64. The molecule has 0 radical (unpaired) electrons. The van der Waals surface area contributed by atoms with E-state index in [1.165, 1.54) is 24.3 Å². The van der Waals surface area contributed by atoms with Crippen LogP contribution in [0.15, 0.2) is 60.9 Å². The number of aromatic nitrogens is 2. The molecule has 1 amide bonds. The van der Waals surface area contributed by atoms with Crippen molar-refractivity contribution in [1.82, 2.24) is 9.97 Å². The van der Waals surface area contributed by atoms with Gasteiger partial charge in [0, 0.05) is 23.6 Å². The van der Waals surface area contributed by atoms with Crippen LogP contribution in [0.4, 0.5) is 5.69 Å². The van der Waals surface area contributed by atoms with Crippen molar-refractivity contribution in [2.24, 2.45) is 0 Å². The van der Waals surface area contributed by atoms with Crippen LogP contribution < -0.4 is 5.32 Å². The maximum absolute atomic E-state index is 12.0. The van der Waals surface area contributed by atoms with Gasteiger partial charge in [-0.15, -0.1) is 0 Å². The lowest BCUT2D eigenvalue weighted by molar-refractivity contribution is -0.119. The maximum atomic E-state index is 12.0. The van der Waals surface area contributed by atoms with Crippen LogP contribution in [0, 0.1) is 0 Å². The standard InChI is InChI=1S/C19H15N3O5/c23-16(22-15-7-5-13(6-8-15)18(24)25)11-27-19(26)14-3-1-12(2-4-14)17-20-9-10-21-17/h1-10H,11H2,(H,20,21)(H,22,23)(H,24,25). The van der Waals surface area contributed by atoms with E-state index < -0.39 is 24.5 Å². The maximum Gasteiger partial charge on any atom is 0.338 e. The van der Waals surface area contributed by atoms with Gasteiger partial charge in [-0.1, -0.05) is 12.1 Å². The molecule has 8 nitrogen and oxygen atoms in total. The fraction of sp³-hybridized carbons (Fsp3) is 0.0526. The first-order chi connectivity index (χ1) is 13.0. The SMILES string of the molecule is O=C(COC(=O)c1ccc(-c2ncc[nH]2)cc1)Nc1ccc(C(=O)O)cc1. The van der Waals surface area contributed by atoms with Crippen LogP contribution in [0.2, 0.25) is 0 Å². The molecule has 0 aliphatic heterocycles. The predicted octanol–water partition coefficient (Wildman–Crippen LogP) is 2.57. The zero-order valence-electron chi connectivity index (χ0n) is 14.0. The Labute approximate surface area is 153 Å². The fourth-order valence-corrected chi connectivity index (χ4v) is 2.29. The van der Waals surface area contributed by atoms with Gasteiger partial charge in [0.25, 0.3) is 5.91 Å². The largest absolute Gasteiger partial charge is 0.478 e.